The van der Waals surface area contributed by atoms with Crippen molar-refractivity contribution < 1.29 is 23.5 Å². The Bertz CT molecular complexity index is 1250. The highest BCUT2D eigenvalue weighted by molar-refractivity contribution is 6.33. The van der Waals surface area contributed by atoms with Crippen LogP contribution >= 0.6 is 11.6 Å². The number of hydrogen-bond donors (Lipinski definition) is 3. The van der Waals surface area contributed by atoms with Gasteiger partial charge in [0.05, 0.1) is 24.4 Å². The van der Waals surface area contributed by atoms with Gasteiger partial charge in [-0.1, -0.05) is 24.4 Å². The van der Waals surface area contributed by atoms with Crippen molar-refractivity contribution in [3.8, 4) is 11.8 Å². The van der Waals surface area contributed by atoms with Crippen LogP contribution in [0.15, 0.2) is 12.1 Å². The number of benzene rings is 1. The summed E-state index contributed by atoms with van der Waals surface area (Å²) in [5, 5.41) is 15.6. The number of nitriles is 1. The van der Waals surface area contributed by atoms with E-state index in [0.717, 1.165) is 12.8 Å². The van der Waals surface area contributed by atoms with Crippen molar-refractivity contribution in [1.29, 1.82) is 5.26 Å². The molecule has 2 fully saturated rings. The zero-order valence-corrected chi connectivity index (χ0v) is 21.3. The Labute approximate surface area is 213 Å². The number of carbonyl (C=O) groups is 3. The number of ether oxygens (including phenoxy) is 1. The molecule has 0 bridgehead atoms. The van der Waals surface area contributed by atoms with Crippen molar-refractivity contribution in [1.82, 2.24) is 15.6 Å². The minimum absolute atomic E-state index is 0.0667. The van der Waals surface area contributed by atoms with E-state index in [4.69, 9.17) is 16.3 Å². The maximum atomic E-state index is 14.1. The monoisotopic (exact) mass is 516 g/mol. The number of H-pyrrole nitrogens is 1. The second-order valence-corrected chi connectivity index (χ2v) is 10.9. The van der Waals surface area contributed by atoms with Crippen molar-refractivity contribution in [2.45, 2.75) is 64.0 Å². The highest BCUT2D eigenvalue weighted by Gasteiger charge is 2.39. The first-order valence-corrected chi connectivity index (χ1v) is 12.5. The fourth-order valence-corrected chi connectivity index (χ4v) is 5.25. The number of amides is 2. The molecule has 1 saturated carbocycles. The molecule has 4 rings (SSSR count). The zero-order valence-electron chi connectivity index (χ0n) is 20.5. The lowest BCUT2D eigenvalue weighted by Crippen LogP contribution is -2.40. The number of nitrogens with one attached hydrogen (secondary N) is 3. The Morgan fingerprint density at radius 1 is 1.33 bits per heavy atom. The SMILES string of the molecule is COc1c(Cl)c(F)cc2[nH]c(C(=O)C[C@@H](CC3CC3)C(=O)N[C@H](C#N)C[C@@H]3CC(C)(C)NC3=O)cc12. The molecule has 1 aliphatic carbocycles. The number of Topliss-reactive ketones (excluding diaryl/α,β-unsaturated/α-hetero) is 1. The smallest absolute Gasteiger partial charge is 0.224 e. The summed E-state index contributed by atoms with van der Waals surface area (Å²) in [4.78, 5) is 41.5. The fourth-order valence-electron chi connectivity index (χ4n) is 5.02. The van der Waals surface area contributed by atoms with Crippen LogP contribution in [0.3, 0.4) is 0 Å². The molecule has 2 amide bonds. The minimum atomic E-state index is -0.832. The van der Waals surface area contributed by atoms with Gasteiger partial charge in [0.2, 0.25) is 11.8 Å². The fraction of sp³-hybridized carbons (Fsp3) is 0.538. The lowest BCUT2D eigenvalue weighted by Gasteiger charge is -2.20. The number of halogens is 2. The summed E-state index contributed by atoms with van der Waals surface area (Å²) in [6, 6.07) is 4.01. The van der Waals surface area contributed by atoms with E-state index in [1.807, 2.05) is 13.8 Å². The van der Waals surface area contributed by atoms with Gasteiger partial charge in [-0.2, -0.15) is 5.26 Å². The summed E-state index contributed by atoms with van der Waals surface area (Å²) in [6.45, 7) is 3.84. The molecule has 192 valence electrons. The number of aromatic amines is 1. The van der Waals surface area contributed by atoms with E-state index in [0.29, 0.717) is 29.7 Å². The molecule has 2 aliphatic rings. The van der Waals surface area contributed by atoms with E-state index < -0.39 is 17.8 Å². The van der Waals surface area contributed by atoms with Crippen molar-refractivity contribution >= 4 is 40.1 Å². The van der Waals surface area contributed by atoms with Gasteiger partial charge < -0.3 is 20.4 Å². The number of ketones is 1. The van der Waals surface area contributed by atoms with Gasteiger partial charge in [-0.25, -0.2) is 4.39 Å². The minimum Gasteiger partial charge on any atom is -0.494 e. The maximum Gasteiger partial charge on any atom is 0.224 e. The normalized spacial score (nSPS) is 20.4. The van der Waals surface area contributed by atoms with E-state index in [2.05, 4.69) is 21.7 Å². The molecule has 2 heterocycles. The molecule has 3 atom stereocenters. The molecule has 1 aromatic carbocycles. The second-order valence-electron chi connectivity index (χ2n) is 10.6. The highest BCUT2D eigenvalue weighted by atomic mass is 35.5. The van der Waals surface area contributed by atoms with Gasteiger partial charge in [0.25, 0.3) is 0 Å². The van der Waals surface area contributed by atoms with Gasteiger partial charge >= 0.3 is 0 Å². The van der Waals surface area contributed by atoms with Gasteiger partial charge in [-0.15, -0.1) is 0 Å². The number of rotatable bonds is 10. The Balaban J connectivity index is 1.47. The Kier molecular flexibility index (Phi) is 7.28. The van der Waals surface area contributed by atoms with Gasteiger partial charge in [-0.05, 0) is 51.2 Å². The van der Waals surface area contributed by atoms with Crippen LogP contribution in [0.2, 0.25) is 5.02 Å². The molecule has 1 saturated heterocycles. The van der Waals surface area contributed by atoms with E-state index in [9.17, 15) is 24.0 Å². The summed E-state index contributed by atoms with van der Waals surface area (Å²) in [6.07, 6.45) is 3.27. The molecule has 8 nitrogen and oxygen atoms in total. The standard InChI is InChI=1S/C26H30ClFN4O4/c1-26(2)11-15(25(35)32-26)7-16(12-29)30-24(34)14(6-13-4-5-13)8-21(33)20-9-17-19(31-20)10-18(28)22(27)23(17)36-3/h9-10,13-16,31H,4-8,11H2,1-3H3,(H,30,34)(H,32,35)/t14-,15-,16+/m1/s1. The largest absolute Gasteiger partial charge is 0.494 e. The first kappa shape index (κ1) is 26.0. The molecule has 2 aromatic rings. The average molecular weight is 517 g/mol. The van der Waals surface area contributed by atoms with Gasteiger partial charge in [0.1, 0.15) is 22.6 Å². The van der Waals surface area contributed by atoms with Gasteiger partial charge in [-0.3, -0.25) is 14.4 Å². The Morgan fingerprint density at radius 3 is 2.64 bits per heavy atom. The van der Waals surface area contributed by atoms with Crippen LogP contribution in [0.1, 0.15) is 62.9 Å². The first-order valence-electron chi connectivity index (χ1n) is 12.1. The van der Waals surface area contributed by atoms with Crippen molar-refractivity contribution in [2.75, 3.05) is 7.11 Å². The average Bonchev–Trinajstić information content (AvgIpc) is 3.47. The van der Waals surface area contributed by atoms with Crippen LogP contribution in [-0.2, 0) is 9.59 Å². The van der Waals surface area contributed by atoms with Crippen LogP contribution in [0.5, 0.6) is 5.75 Å². The molecule has 0 spiro atoms. The summed E-state index contributed by atoms with van der Waals surface area (Å²) in [5.74, 6) is -1.96. The predicted octanol–water partition coefficient (Wildman–Crippen LogP) is 4.27. The van der Waals surface area contributed by atoms with Crippen LogP contribution in [0, 0.1) is 34.9 Å². The molecule has 0 unspecified atom stereocenters. The van der Waals surface area contributed by atoms with Gasteiger partial charge in [0, 0.05) is 29.2 Å². The number of aromatic nitrogens is 1. The quantitative estimate of drug-likeness (QED) is 0.407. The topological polar surface area (TPSA) is 124 Å². The van der Waals surface area contributed by atoms with Crippen molar-refractivity contribution in [2.24, 2.45) is 17.8 Å². The van der Waals surface area contributed by atoms with E-state index in [-0.39, 0.29) is 58.4 Å². The lowest BCUT2D eigenvalue weighted by molar-refractivity contribution is -0.127. The molecule has 1 aliphatic heterocycles. The van der Waals surface area contributed by atoms with E-state index in [1.165, 1.54) is 13.2 Å². The Morgan fingerprint density at radius 2 is 2.06 bits per heavy atom. The molecule has 10 heteroatoms. The number of nitrogens with zero attached hydrogens (tertiary/aromatic N) is 1. The summed E-state index contributed by atoms with van der Waals surface area (Å²) < 4.78 is 19.3. The number of fused-ring (bicyclic) bond motifs is 1. The third-order valence-corrected chi connectivity index (χ3v) is 7.33. The molecular formula is C26H30ClFN4O4. The number of carbonyl (C=O) groups excluding carboxylic acids is 3. The third kappa shape index (κ3) is 5.65. The summed E-state index contributed by atoms with van der Waals surface area (Å²) in [7, 11) is 1.37. The maximum absolute atomic E-state index is 14.1. The summed E-state index contributed by atoms with van der Waals surface area (Å²) >= 11 is 6.00. The summed E-state index contributed by atoms with van der Waals surface area (Å²) in [5.41, 5.74) is 0.241. The van der Waals surface area contributed by atoms with E-state index >= 15 is 0 Å². The van der Waals surface area contributed by atoms with Crippen LogP contribution < -0.4 is 15.4 Å². The molecule has 0 radical (unpaired) electrons. The predicted molar refractivity (Wildman–Crippen MR) is 132 cm³/mol. The van der Waals surface area contributed by atoms with Crippen LogP contribution in [0.4, 0.5) is 4.39 Å². The van der Waals surface area contributed by atoms with E-state index in [1.54, 1.807) is 6.07 Å². The first-order chi connectivity index (χ1) is 17.0. The van der Waals surface area contributed by atoms with Crippen molar-refractivity contribution in [3.05, 3.63) is 28.7 Å². The van der Waals surface area contributed by atoms with Crippen molar-refractivity contribution in [3.63, 3.8) is 0 Å². The third-order valence-electron chi connectivity index (χ3n) is 6.98. The molecule has 1 aromatic heterocycles. The van der Waals surface area contributed by atoms with Crippen LogP contribution in [0.25, 0.3) is 10.9 Å². The second kappa shape index (κ2) is 10.1. The Hall–Kier alpha value is -3.12. The molecule has 36 heavy (non-hydrogen) atoms. The number of methoxy groups -OCH3 is 1. The number of hydrogen-bond acceptors (Lipinski definition) is 5. The molecular weight excluding hydrogens is 487 g/mol. The van der Waals surface area contributed by atoms with Gasteiger partial charge in [0.15, 0.2) is 5.78 Å². The molecule has 3 N–H and O–H groups in total. The van der Waals surface area contributed by atoms with Crippen LogP contribution in [-0.4, -0.2) is 41.3 Å². The lowest BCUT2D eigenvalue weighted by atomic mass is 9.90. The zero-order chi connectivity index (χ0) is 26.2. The highest BCUT2D eigenvalue weighted by Crippen LogP contribution is 2.38.